The third-order valence-electron chi connectivity index (χ3n) is 2.92. The Morgan fingerprint density at radius 3 is 2.89 bits per heavy atom. The molecule has 19 heavy (non-hydrogen) atoms. The minimum atomic E-state index is -0.405. The van der Waals surface area contributed by atoms with E-state index in [-0.39, 0.29) is 5.91 Å². The standard InChI is InChI=1S/C14H16FN3O/c1-3-18-13(7-8-16-18)10-17(2)14(19)11-5-4-6-12(15)9-11/h4-9H,3,10H2,1-2H3. The number of amides is 1. The van der Waals surface area contributed by atoms with Crippen molar-refractivity contribution in [2.45, 2.75) is 20.0 Å². The van der Waals surface area contributed by atoms with Crippen molar-refractivity contribution in [3.63, 3.8) is 0 Å². The number of carbonyl (C=O) groups is 1. The summed E-state index contributed by atoms with van der Waals surface area (Å²) >= 11 is 0. The molecule has 1 aromatic heterocycles. The summed E-state index contributed by atoms with van der Waals surface area (Å²) in [6.07, 6.45) is 1.71. The molecule has 1 heterocycles. The van der Waals surface area contributed by atoms with Crippen molar-refractivity contribution in [3.8, 4) is 0 Å². The van der Waals surface area contributed by atoms with Gasteiger partial charge in [-0.15, -0.1) is 0 Å². The summed E-state index contributed by atoms with van der Waals surface area (Å²) < 4.78 is 14.9. The Morgan fingerprint density at radius 1 is 1.42 bits per heavy atom. The van der Waals surface area contributed by atoms with Gasteiger partial charge in [0.15, 0.2) is 0 Å². The summed E-state index contributed by atoms with van der Waals surface area (Å²) in [5.41, 5.74) is 1.31. The fourth-order valence-electron chi connectivity index (χ4n) is 1.94. The lowest BCUT2D eigenvalue weighted by atomic mass is 10.2. The van der Waals surface area contributed by atoms with Crippen LogP contribution in [-0.2, 0) is 13.1 Å². The minimum Gasteiger partial charge on any atom is -0.336 e. The first-order chi connectivity index (χ1) is 9.11. The zero-order chi connectivity index (χ0) is 13.8. The van der Waals surface area contributed by atoms with E-state index in [2.05, 4.69) is 5.10 Å². The summed E-state index contributed by atoms with van der Waals surface area (Å²) in [4.78, 5) is 13.7. The van der Waals surface area contributed by atoms with E-state index in [1.54, 1.807) is 24.2 Å². The minimum absolute atomic E-state index is 0.205. The van der Waals surface area contributed by atoms with E-state index >= 15 is 0 Å². The predicted molar refractivity (Wildman–Crippen MR) is 70.1 cm³/mol. The van der Waals surface area contributed by atoms with Crippen LogP contribution in [0, 0.1) is 5.82 Å². The van der Waals surface area contributed by atoms with Gasteiger partial charge >= 0.3 is 0 Å². The molecule has 0 saturated carbocycles. The van der Waals surface area contributed by atoms with E-state index in [4.69, 9.17) is 0 Å². The van der Waals surface area contributed by atoms with E-state index in [9.17, 15) is 9.18 Å². The van der Waals surface area contributed by atoms with Crippen LogP contribution < -0.4 is 0 Å². The van der Waals surface area contributed by atoms with E-state index in [1.165, 1.54) is 18.2 Å². The van der Waals surface area contributed by atoms with Gasteiger partial charge in [0.25, 0.3) is 5.91 Å². The molecule has 2 rings (SSSR count). The first-order valence-corrected chi connectivity index (χ1v) is 6.13. The number of carbonyl (C=O) groups excluding carboxylic acids is 1. The highest BCUT2D eigenvalue weighted by Crippen LogP contribution is 2.09. The summed E-state index contributed by atoms with van der Waals surface area (Å²) in [6.45, 7) is 3.19. The molecule has 0 bridgehead atoms. The number of aromatic nitrogens is 2. The van der Waals surface area contributed by atoms with E-state index in [0.717, 1.165) is 12.2 Å². The van der Waals surface area contributed by atoms with Crippen LogP contribution in [0.1, 0.15) is 23.0 Å². The second-order valence-electron chi connectivity index (χ2n) is 4.31. The second-order valence-corrected chi connectivity index (χ2v) is 4.31. The molecule has 0 N–H and O–H groups in total. The molecule has 4 nitrogen and oxygen atoms in total. The highest BCUT2D eigenvalue weighted by Gasteiger charge is 2.14. The first-order valence-electron chi connectivity index (χ1n) is 6.13. The molecule has 100 valence electrons. The quantitative estimate of drug-likeness (QED) is 0.847. The third kappa shape index (κ3) is 2.99. The molecule has 0 aliphatic heterocycles. The van der Waals surface area contributed by atoms with Gasteiger partial charge in [0.1, 0.15) is 5.82 Å². The van der Waals surface area contributed by atoms with E-state index < -0.39 is 5.82 Å². The highest BCUT2D eigenvalue weighted by molar-refractivity contribution is 5.93. The van der Waals surface area contributed by atoms with Crippen LogP contribution in [-0.4, -0.2) is 27.6 Å². The van der Waals surface area contributed by atoms with Gasteiger partial charge < -0.3 is 4.90 Å². The van der Waals surface area contributed by atoms with Crippen LogP contribution in [0.5, 0.6) is 0 Å². The lowest BCUT2D eigenvalue weighted by molar-refractivity contribution is 0.0781. The normalized spacial score (nSPS) is 10.5. The number of hydrogen-bond acceptors (Lipinski definition) is 2. The molecule has 2 aromatic rings. The summed E-state index contributed by atoms with van der Waals surface area (Å²) in [6, 6.07) is 7.59. The maximum absolute atomic E-state index is 13.1. The fraction of sp³-hybridized carbons (Fsp3) is 0.286. The van der Waals surface area contributed by atoms with Crippen LogP contribution in [0.3, 0.4) is 0 Å². The second kappa shape index (κ2) is 5.65. The Hall–Kier alpha value is -2.17. The molecule has 1 amide bonds. The molecule has 1 aromatic carbocycles. The van der Waals surface area contributed by atoms with Crippen LogP contribution >= 0.6 is 0 Å². The van der Waals surface area contributed by atoms with Gasteiger partial charge in [-0.3, -0.25) is 9.48 Å². The molecule has 0 fully saturated rings. The number of aryl methyl sites for hydroxylation is 1. The molecular weight excluding hydrogens is 245 g/mol. The maximum Gasteiger partial charge on any atom is 0.254 e. The Balaban J connectivity index is 2.12. The van der Waals surface area contributed by atoms with E-state index in [0.29, 0.717) is 12.1 Å². The SMILES string of the molecule is CCn1nccc1CN(C)C(=O)c1cccc(F)c1. The molecule has 0 aliphatic carbocycles. The van der Waals surface area contributed by atoms with Crippen LogP contribution in [0.25, 0.3) is 0 Å². The maximum atomic E-state index is 13.1. The molecule has 0 radical (unpaired) electrons. The summed E-state index contributed by atoms with van der Waals surface area (Å²) in [7, 11) is 1.69. The van der Waals surface area contributed by atoms with Gasteiger partial charge in [-0.1, -0.05) is 6.07 Å². The number of nitrogens with zero attached hydrogens (tertiary/aromatic N) is 3. The summed E-state index contributed by atoms with van der Waals surface area (Å²) in [5, 5.41) is 4.15. The van der Waals surface area contributed by atoms with Gasteiger partial charge in [-0.05, 0) is 31.2 Å². The predicted octanol–water partition coefficient (Wildman–Crippen LogP) is 2.31. The van der Waals surface area contributed by atoms with Crippen LogP contribution in [0.15, 0.2) is 36.5 Å². The average molecular weight is 261 g/mol. The molecule has 0 unspecified atom stereocenters. The van der Waals surface area contributed by atoms with Crippen molar-refractivity contribution in [2.24, 2.45) is 0 Å². The highest BCUT2D eigenvalue weighted by atomic mass is 19.1. The number of halogens is 1. The van der Waals surface area contributed by atoms with Crippen molar-refractivity contribution >= 4 is 5.91 Å². The molecule has 0 spiro atoms. The Morgan fingerprint density at radius 2 is 2.21 bits per heavy atom. The van der Waals surface area contributed by atoms with Crippen molar-refractivity contribution in [1.82, 2.24) is 14.7 Å². The zero-order valence-electron chi connectivity index (χ0n) is 11.0. The fourth-order valence-corrected chi connectivity index (χ4v) is 1.94. The Bertz CT molecular complexity index is 580. The van der Waals surface area contributed by atoms with Gasteiger partial charge in [-0.25, -0.2) is 4.39 Å². The molecule has 0 atom stereocenters. The smallest absolute Gasteiger partial charge is 0.254 e. The molecule has 0 aliphatic rings. The largest absolute Gasteiger partial charge is 0.336 e. The average Bonchev–Trinajstić information content (AvgIpc) is 2.85. The van der Waals surface area contributed by atoms with E-state index in [1.807, 2.05) is 17.7 Å². The summed E-state index contributed by atoms with van der Waals surface area (Å²) in [5.74, 6) is -0.610. The van der Waals surface area contributed by atoms with Crippen molar-refractivity contribution in [2.75, 3.05) is 7.05 Å². The third-order valence-corrected chi connectivity index (χ3v) is 2.92. The van der Waals surface area contributed by atoms with Crippen molar-refractivity contribution < 1.29 is 9.18 Å². The number of hydrogen-bond donors (Lipinski definition) is 0. The topological polar surface area (TPSA) is 38.1 Å². The van der Waals surface area contributed by atoms with Crippen LogP contribution in [0.4, 0.5) is 4.39 Å². The van der Waals surface area contributed by atoms with Gasteiger partial charge in [-0.2, -0.15) is 5.10 Å². The van der Waals surface area contributed by atoms with Crippen molar-refractivity contribution in [3.05, 3.63) is 53.6 Å². The lowest BCUT2D eigenvalue weighted by Crippen LogP contribution is -2.27. The lowest BCUT2D eigenvalue weighted by Gasteiger charge is -2.17. The molecule has 0 saturated heterocycles. The Kier molecular flexibility index (Phi) is 3.94. The zero-order valence-corrected chi connectivity index (χ0v) is 11.0. The Labute approximate surface area is 111 Å². The van der Waals surface area contributed by atoms with Gasteiger partial charge in [0, 0.05) is 25.4 Å². The van der Waals surface area contributed by atoms with Gasteiger partial charge in [0.05, 0.1) is 12.2 Å². The molecular formula is C14H16FN3O. The first kappa shape index (κ1) is 13.3. The number of rotatable bonds is 4. The van der Waals surface area contributed by atoms with Gasteiger partial charge in [0.2, 0.25) is 0 Å². The van der Waals surface area contributed by atoms with Crippen LogP contribution in [0.2, 0.25) is 0 Å². The monoisotopic (exact) mass is 261 g/mol. The molecule has 5 heteroatoms. The van der Waals surface area contributed by atoms with Crippen molar-refractivity contribution in [1.29, 1.82) is 0 Å². The number of benzene rings is 1.